The Morgan fingerprint density at radius 2 is 1.48 bits per heavy atom. The minimum atomic E-state index is -1.09. The van der Waals surface area contributed by atoms with Crippen LogP contribution in [0.4, 0.5) is 4.79 Å². The zero-order valence-corrected chi connectivity index (χ0v) is 20.0. The summed E-state index contributed by atoms with van der Waals surface area (Å²) in [6.45, 7) is 8.44. The van der Waals surface area contributed by atoms with E-state index < -0.39 is 29.1 Å². The van der Waals surface area contributed by atoms with Crippen LogP contribution in [0.5, 0.6) is 0 Å². The molecule has 2 aromatic carbocycles. The maximum Gasteiger partial charge on any atom is 0.407 e. The molecule has 3 rings (SSSR count). The third kappa shape index (κ3) is 4.45. The van der Waals surface area contributed by atoms with E-state index in [1.54, 1.807) is 27.7 Å². The van der Waals surface area contributed by atoms with Crippen molar-refractivity contribution in [2.24, 2.45) is 5.41 Å². The second-order valence-electron chi connectivity index (χ2n) is 9.63. The van der Waals surface area contributed by atoms with Gasteiger partial charge in [0.15, 0.2) is 0 Å². The standard InChI is InChI=1S/C26H32N2O5/c1-16(22(29)30)28(6)23(31)25(2,3)26(4,5)27-24(32)33-15-21-19-13-9-7-11-17(19)18-12-8-10-14-20(18)21/h7-14,16,21H,15H2,1-6H3,(H,27,32)(H,29,30). The van der Waals surface area contributed by atoms with Gasteiger partial charge in [0.05, 0.1) is 11.0 Å². The second-order valence-corrected chi connectivity index (χ2v) is 9.63. The number of alkyl carbamates (subject to hydrolysis) is 1. The molecule has 7 heteroatoms. The van der Waals surface area contributed by atoms with E-state index in [9.17, 15) is 19.5 Å². The van der Waals surface area contributed by atoms with Crippen molar-refractivity contribution < 1.29 is 24.2 Å². The van der Waals surface area contributed by atoms with Gasteiger partial charge in [-0.1, -0.05) is 48.5 Å². The lowest BCUT2D eigenvalue weighted by Crippen LogP contribution is -2.61. The van der Waals surface area contributed by atoms with E-state index in [1.165, 1.54) is 18.9 Å². The quantitative estimate of drug-likeness (QED) is 0.654. The van der Waals surface area contributed by atoms with Crippen LogP contribution in [0.15, 0.2) is 48.5 Å². The molecule has 176 valence electrons. The highest BCUT2D eigenvalue weighted by molar-refractivity contribution is 5.88. The molecule has 2 N–H and O–H groups in total. The molecule has 1 atom stereocenters. The molecule has 2 amide bonds. The number of likely N-dealkylation sites (N-methyl/N-ethyl adjacent to an activating group) is 1. The molecule has 2 aromatic rings. The fourth-order valence-electron chi connectivity index (χ4n) is 4.10. The number of amides is 2. The average molecular weight is 453 g/mol. The minimum absolute atomic E-state index is 0.0662. The Morgan fingerprint density at radius 3 is 1.97 bits per heavy atom. The van der Waals surface area contributed by atoms with Gasteiger partial charge < -0.3 is 20.1 Å². The van der Waals surface area contributed by atoms with Crippen LogP contribution in [0, 0.1) is 5.41 Å². The largest absolute Gasteiger partial charge is 0.480 e. The monoisotopic (exact) mass is 452 g/mol. The van der Waals surface area contributed by atoms with Gasteiger partial charge >= 0.3 is 12.1 Å². The molecule has 0 saturated heterocycles. The summed E-state index contributed by atoms with van der Waals surface area (Å²) in [7, 11) is 1.45. The number of fused-ring (bicyclic) bond motifs is 3. The highest BCUT2D eigenvalue weighted by Gasteiger charge is 2.47. The lowest BCUT2D eigenvalue weighted by atomic mass is 9.73. The van der Waals surface area contributed by atoms with Crippen molar-refractivity contribution in [2.75, 3.05) is 13.7 Å². The topological polar surface area (TPSA) is 95.9 Å². The Bertz CT molecular complexity index is 1030. The Kier molecular flexibility index (Phi) is 6.54. The lowest BCUT2D eigenvalue weighted by molar-refractivity contribution is -0.154. The van der Waals surface area contributed by atoms with Crippen LogP contribution in [0.2, 0.25) is 0 Å². The number of carbonyl (C=O) groups is 3. The smallest absolute Gasteiger partial charge is 0.407 e. The maximum absolute atomic E-state index is 13.1. The van der Waals surface area contributed by atoms with Gasteiger partial charge in [0.25, 0.3) is 0 Å². The van der Waals surface area contributed by atoms with Gasteiger partial charge in [0, 0.05) is 13.0 Å². The molecule has 0 spiro atoms. The molecule has 1 unspecified atom stereocenters. The maximum atomic E-state index is 13.1. The van der Waals surface area contributed by atoms with Crippen molar-refractivity contribution in [1.29, 1.82) is 0 Å². The number of benzene rings is 2. The summed E-state index contributed by atoms with van der Waals surface area (Å²) >= 11 is 0. The molecule has 0 aromatic heterocycles. The third-order valence-corrected chi connectivity index (χ3v) is 7.11. The minimum Gasteiger partial charge on any atom is -0.480 e. The number of rotatable bonds is 7. The summed E-state index contributed by atoms with van der Waals surface area (Å²) in [5.41, 5.74) is 2.43. The summed E-state index contributed by atoms with van der Waals surface area (Å²) in [6, 6.07) is 15.2. The van der Waals surface area contributed by atoms with Gasteiger partial charge in [-0.3, -0.25) is 4.79 Å². The number of carboxylic acid groups (broad SMARTS) is 1. The number of hydrogen-bond donors (Lipinski definition) is 2. The molecular formula is C26H32N2O5. The van der Waals surface area contributed by atoms with E-state index in [-0.39, 0.29) is 18.4 Å². The van der Waals surface area contributed by atoms with Crippen LogP contribution in [0.1, 0.15) is 51.7 Å². The van der Waals surface area contributed by atoms with Gasteiger partial charge in [0.1, 0.15) is 12.6 Å². The Morgan fingerprint density at radius 1 is 1.00 bits per heavy atom. The molecule has 33 heavy (non-hydrogen) atoms. The molecule has 0 heterocycles. The lowest BCUT2D eigenvalue weighted by Gasteiger charge is -2.43. The molecular weight excluding hydrogens is 420 g/mol. The molecule has 0 bridgehead atoms. The van der Waals surface area contributed by atoms with E-state index >= 15 is 0 Å². The fraction of sp³-hybridized carbons (Fsp3) is 0.423. The first kappa shape index (κ1) is 24.3. The van der Waals surface area contributed by atoms with Crippen molar-refractivity contribution in [2.45, 2.75) is 52.1 Å². The van der Waals surface area contributed by atoms with Crippen molar-refractivity contribution in [3.05, 3.63) is 59.7 Å². The highest BCUT2D eigenvalue weighted by atomic mass is 16.5. The first-order valence-electron chi connectivity index (χ1n) is 11.0. The number of carbonyl (C=O) groups excluding carboxylic acids is 2. The fourth-order valence-corrected chi connectivity index (χ4v) is 4.10. The van der Waals surface area contributed by atoms with Crippen molar-refractivity contribution in [3.8, 4) is 11.1 Å². The number of ether oxygens (including phenoxy) is 1. The van der Waals surface area contributed by atoms with E-state index in [0.29, 0.717) is 0 Å². The molecule has 7 nitrogen and oxygen atoms in total. The predicted molar refractivity (Wildman–Crippen MR) is 126 cm³/mol. The Hall–Kier alpha value is -3.35. The zero-order chi connectivity index (χ0) is 24.6. The normalized spacial score (nSPS) is 14.1. The summed E-state index contributed by atoms with van der Waals surface area (Å²) < 4.78 is 5.63. The van der Waals surface area contributed by atoms with E-state index in [0.717, 1.165) is 22.3 Å². The number of nitrogens with one attached hydrogen (secondary N) is 1. The van der Waals surface area contributed by atoms with Gasteiger partial charge in [-0.25, -0.2) is 9.59 Å². The molecule has 0 fully saturated rings. The first-order valence-corrected chi connectivity index (χ1v) is 11.0. The van der Waals surface area contributed by atoms with Crippen molar-refractivity contribution in [1.82, 2.24) is 10.2 Å². The van der Waals surface area contributed by atoms with Crippen LogP contribution in [0.3, 0.4) is 0 Å². The molecule has 1 aliphatic carbocycles. The number of carboxylic acids is 1. The molecule has 0 radical (unpaired) electrons. The highest BCUT2D eigenvalue weighted by Crippen LogP contribution is 2.44. The van der Waals surface area contributed by atoms with Crippen LogP contribution in [-0.2, 0) is 14.3 Å². The van der Waals surface area contributed by atoms with Crippen molar-refractivity contribution >= 4 is 18.0 Å². The number of nitrogens with zero attached hydrogens (tertiary/aromatic N) is 1. The van der Waals surface area contributed by atoms with Crippen molar-refractivity contribution in [3.63, 3.8) is 0 Å². The van der Waals surface area contributed by atoms with Crippen LogP contribution in [0.25, 0.3) is 11.1 Å². The summed E-state index contributed by atoms with van der Waals surface area (Å²) in [5, 5.41) is 12.1. The Labute approximate surface area is 194 Å². The number of aliphatic carboxylic acids is 1. The summed E-state index contributed by atoms with van der Waals surface area (Å²) in [4.78, 5) is 38.3. The van der Waals surface area contributed by atoms with Crippen LogP contribution in [-0.4, -0.2) is 53.2 Å². The SMILES string of the molecule is CC(C(=O)O)N(C)C(=O)C(C)(C)C(C)(C)NC(=O)OCC1c2ccccc2-c2ccccc21. The second kappa shape index (κ2) is 8.89. The van der Waals surface area contributed by atoms with Gasteiger partial charge in [-0.15, -0.1) is 0 Å². The van der Waals surface area contributed by atoms with E-state index in [4.69, 9.17) is 4.74 Å². The molecule has 1 aliphatic rings. The van der Waals surface area contributed by atoms with Crippen LogP contribution >= 0.6 is 0 Å². The number of hydrogen-bond acceptors (Lipinski definition) is 4. The van der Waals surface area contributed by atoms with Gasteiger partial charge in [-0.05, 0) is 56.9 Å². The zero-order valence-electron chi connectivity index (χ0n) is 20.0. The first-order chi connectivity index (χ1) is 15.4. The predicted octanol–water partition coefficient (Wildman–Crippen LogP) is 4.26. The van der Waals surface area contributed by atoms with Gasteiger partial charge in [-0.2, -0.15) is 0 Å². The van der Waals surface area contributed by atoms with Gasteiger partial charge in [0.2, 0.25) is 5.91 Å². The van der Waals surface area contributed by atoms with Crippen LogP contribution < -0.4 is 5.32 Å². The average Bonchev–Trinajstić information content (AvgIpc) is 3.09. The third-order valence-electron chi connectivity index (χ3n) is 7.11. The Balaban J connectivity index is 1.70. The summed E-state index contributed by atoms with van der Waals surface area (Å²) in [6.07, 6.45) is -0.628. The molecule has 0 aliphatic heterocycles. The van der Waals surface area contributed by atoms with E-state index in [1.807, 2.05) is 36.4 Å². The summed E-state index contributed by atoms with van der Waals surface area (Å²) in [5.74, 6) is -1.55. The van der Waals surface area contributed by atoms with E-state index in [2.05, 4.69) is 17.4 Å². The molecule has 0 saturated carbocycles.